The van der Waals surface area contributed by atoms with Crippen LogP contribution in [0, 0.1) is 11.8 Å². The quantitative estimate of drug-likeness (QED) is 0.499. The largest absolute Gasteiger partial charge is 0.358 e. The fourth-order valence-corrected chi connectivity index (χ4v) is 2.49. The molecule has 20 heavy (non-hydrogen) atoms. The van der Waals surface area contributed by atoms with Crippen LogP contribution in [0.15, 0.2) is 12.2 Å². The Morgan fingerprint density at radius 1 is 1.15 bits per heavy atom. The number of hydrogen-bond acceptors (Lipinski definition) is 4. The lowest BCUT2D eigenvalue weighted by atomic mass is 9.85. The highest BCUT2D eigenvalue weighted by atomic mass is 16.2. The molecule has 1 aliphatic carbocycles. The van der Waals surface area contributed by atoms with Gasteiger partial charge in [0.25, 0.3) is 0 Å². The Hall–Kier alpha value is -2.18. The predicted octanol–water partition coefficient (Wildman–Crippen LogP) is -1.20. The molecular formula is C13H17N3O4. The summed E-state index contributed by atoms with van der Waals surface area (Å²) in [7, 11) is 1.46. The smallest absolute Gasteiger partial charge is 0.240 e. The van der Waals surface area contributed by atoms with Crippen molar-refractivity contribution in [2.75, 3.05) is 20.1 Å². The van der Waals surface area contributed by atoms with Crippen LogP contribution >= 0.6 is 0 Å². The van der Waals surface area contributed by atoms with Crippen molar-refractivity contribution < 1.29 is 19.2 Å². The van der Waals surface area contributed by atoms with Gasteiger partial charge >= 0.3 is 0 Å². The molecule has 0 radical (unpaired) electrons. The van der Waals surface area contributed by atoms with Crippen LogP contribution in [-0.2, 0) is 19.2 Å². The van der Waals surface area contributed by atoms with Crippen molar-refractivity contribution >= 4 is 23.6 Å². The van der Waals surface area contributed by atoms with E-state index in [1.54, 1.807) is 0 Å². The molecule has 2 aliphatic rings. The molecule has 0 aromatic heterocycles. The first kappa shape index (κ1) is 14.2. The first-order chi connectivity index (χ1) is 9.54. The Morgan fingerprint density at radius 2 is 1.70 bits per heavy atom. The highest BCUT2D eigenvalue weighted by molar-refractivity contribution is 6.07. The van der Waals surface area contributed by atoms with Crippen molar-refractivity contribution in [2.24, 2.45) is 11.8 Å². The van der Waals surface area contributed by atoms with Crippen LogP contribution in [0.3, 0.4) is 0 Å². The fraction of sp³-hybridized carbons (Fsp3) is 0.538. The van der Waals surface area contributed by atoms with Gasteiger partial charge in [-0.15, -0.1) is 0 Å². The molecule has 1 aliphatic heterocycles. The van der Waals surface area contributed by atoms with Crippen LogP contribution in [0.5, 0.6) is 0 Å². The molecule has 2 rings (SSSR count). The molecule has 1 heterocycles. The van der Waals surface area contributed by atoms with Crippen LogP contribution in [0.25, 0.3) is 0 Å². The number of nitrogens with one attached hydrogen (secondary N) is 2. The van der Waals surface area contributed by atoms with E-state index in [2.05, 4.69) is 10.6 Å². The van der Waals surface area contributed by atoms with Crippen molar-refractivity contribution in [3.05, 3.63) is 12.2 Å². The van der Waals surface area contributed by atoms with Crippen LogP contribution in [-0.4, -0.2) is 48.7 Å². The molecule has 108 valence electrons. The minimum Gasteiger partial charge on any atom is -0.358 e. The van der Waals surface area contributed by atoms with Gasteiger partial charge in [0.1, 0.15) is 6.54 Å². The number of nitrogens with zero attached hydrogens (tertiary/aromatic N) is 1. The predicted molar refractivity (Wildman–Crippen MR) is 69.2 cm³/mol. The average molecular weight is 279 g/mol. The molecule has 0 bridgehead atoms. The second kappa shape index (κ2) is 5.85. The summed E-state index contributed by atoms with van der Waals surface area (Å²) in [4.78, 5) is 47.9. The molecule has 2 N–H and O–H groups in total. The maximum absolute atomic E-state index is 12.1. The summed E-state index contributed by atoms with van der Waals surface area (Å²) in [5, 5.41) is 4.73. The maximum atomic E-state index is 12.1. The second-order valence-electron chi connectivity index (χ2n) is 4.87. The van der Waals surface area contributed by atoms with Crippen LogP contribution in [0.2, 0.25) is 0 Å². The Morgan fingerprint density at radius 3 is 2.20 bits per heavy atom. The van der Waals surface area contributed by atoms with E-state index < -0.39 is 5.91 Å². The topological polar surface area (TPSA) is 95.6 Å². The number of allylic oxidation sites excluding steroid dienone is 2. The number of hydrogen-bond donors (Lipinski definition) is 2. The number of amides is 4. The lowest BCUT2D eigenvalue weighted by Gasteiger charge is -2.14. The monoisotopic (exact) mass is 279 g/mol. The molecule has 0 aromatic carbocycles. The van der Waals surface area contributed by atoms with Crippen molar-refractivity contribution in [3.63, 3.8) is 0 Å². The van der Waals surface area contributed by atoms with Gasteiger partial charge in [-0.2, -0.15) is 0 Å². The molecule has 0 aromatic rings. The van der Waals surface area contributed by atoms with Gasteiger partial charge in [-0.3, -0.25) is 24.1 Å². The third-order valence-corrected chi connectivity index (χ3v) is 3.63. The number of imide groups is 1. The van der Waals surface area contributed by atoms with E-state index in [-0.39, 0.29) is 42.6 Å². The molecule has 0 unspecified atom stereocenters. The van der Waals surface area contributed by atoms with E-state index in [9.17, 15) is 19.2 Å². The zero-order valence-electron chi connectivity index (χ0n) is 11.2. The summed E-state index contributed by atoms with van der Waals surface area (Å²) < 4.78 is 0. The van der Waals surface area contributed by atoms with E-state index in [4.69, 9.17) is 0 Å². The SMILES string of the molecule is CNC(=O)CNC(=O)CN1C(=O)[C@H]2CC=CC[C@H]2C1=O. The number of likely N-dealkylation sites (N-methyl/N-ethyl adjacent to an activating group) is 1. The molecule has 0 saturated carbocycles. The first-order valence-corrected chi connectivity index (χ1v) is 6.52. The highest BCUT2D eigenvalue weighted by Gasteiger charge is 2.47. The third-order valence-electron chi connectivity index (χ3n) is 3.63. The molecule has 1 saturated heterocycles. The minimum absolute atomic E-state index is 0.167. The zero-order valence-corrected chi connectivity index (χ0v) is 11.2. The number of fused-ring (bicyclic) bond motifs is 1. The average Bonchev–Trinajstić information content (AvgIpc) is 2.70. The van der Waals surface area contributed by atoms with E-state index >= 15 is 0 Å². The standard InChI is InChI=1S/C13H17N3O4/c1-14-10(17)6-15-11(18)7-16-12(19)8-4-2-3-5-9(8)13(16)20/h2-3,8-9H,4-7H2,1H3,(H,14,17)(H,15,18)/t8-,9+. The second-order valence-corrected chi connectivity index (χ2v) is 4.87. The number of carbonyl (C=O) groups excluding carboxylic acids is 4. The Kier molecular flexibility index (Phi) is 4.16. The van der Waals surface area contributed by atoms with E-state index in [1.807, 2.05) is 12.2 Å². The summed E-state index contributed by atoms with van der Waals surface area (Å²) in [5.74, 6) is -2.10. The van der Waals surface area contributed by atoms with Gasteiger partial charge in [-0.25, -0.2) is 0 Å². The van der Waals surface area contributed by atoms with Crippen LogP contribution < -0.4 is 10.6 Å². The van der Waals surface area contributed by atoms with Gasteiger partial charge in [0.05, 0.1) is 18.4 Å². The molecule has 1 fully saturated rings. The third kappa shape index (κ3) is 2.71. The summed E-state index contributed by atoms with van der Waals surface area (Å²) >= 11 is 0. The van der Waals surface area contributed by atoms with Gasteiger partial charge < -0.3 is 10.6 Å². The Bertz CT molecular complexity index is 460. The van der Waals surface area contributed by atoms with Crippen molar-refractivity contribution in [1.29, 1.82) is 0 Å². The van der Waals surface area contributed by atoms with Crippen LogP contribution in [0.1, 0.15) is 12.8 Å². The minimum atomic E-state index is -0.512. The normalized spacial score (nSPS) is 24.6. The first-order valence-electron chi connectivity index (χ1n) is 6.52. The molecule has 4 amide bonds. The molecular weight excluding hydrogens is 262 g/mol. The molecule has 7 heteroatoms. The fourth-order valence-electron chi connectivity index (χ4n) is 2.49. The van der Waals surface area contributed by atoms with Crippen molar-refractivity contribution in [2.45, 2.75) is 12.8 Å². The molecule has 0 spiro atoms. The summed E-state index contributed by atoms with van der Waals surface area (Å²) in [5.41, 5.74) is 0. The van der Waals surface area contributed by atoms with Gasteiger partial charge in [0.15, 0.2) is 0 Å². The van der Waals surface area contributed by atoms with E-state index in [0.717, 1.165) is 4.90 Å². The van der Waals surface area contributed by atoms with Gasteiger partial charge in [0, 0.05) is 7.05 Å². The summed E-state index contributed by atoms with van der Waals surface area (Å²) in [6.45, 7) is -0.484. The molecule has 2 atom stereocenters. The van der Waals surface area contributed by atoms with Gasteiger partial charge in [-0.05, 0) is 12.8 Å². The highest BCUT2D eigenvalue weighted by Crippen LogP contribution is 2.34. The Balaban J connectivity index is 1.93. The number of likely N-dealkylation sites (tertiary alicyclic amines) is 1. The van der Waals surface area contributed by atoms with E-state index in [0.29, 0.717) is 12.8 Å². The zero-order chi connectivity index (χ0) is 14.7. The number of carbonyl (C=O) groups is 4. The number of rotatable bonds is 4. The van der Waals surface area contributed by atoms with Crippen molar-refractivity contribution in [1.82, 2.24) is 15.5 Å². The van der Waals surface area contributed by atoms with Crippen LogP contribution in [0.4, 0.5) is 0 Å². The van der Waals surface area contributed by atoms with E-state index in [1.165, 1.54) is 7.05 Å². The maximum Gasteiger partial charge on any atom is 0.240 e. The van der Waals surface area contributed by atoms with Gasteiger partial charge in [0.2, 0.25) is 23.6 Å². The molecule has 7 nitrogen and oxygen atoms in total. The van der Waals surface area contributed by atoms with Crippen molar-refractivity contribution in [3.8, 4) is 0 Å². The summed E-state index contributed by atoms with van der Waals surface area (Å²) in [6, 6.07) is 0. The van der Waals surface area contributed by atoms with Gasteiger partial charge in [-0.1, -0.05) is 12.2 Å². The lowest BCUT2D eigenvalue weighted by molar-refractivity contribution is -0.143. The summed E-state index contributed by atoms with van der Waals surface area (Å²) in [6.07, 6.45) is 4.88. The Labute approximate surface area is 116 Å². The lowest BCUT2D eigenvalue weighted by Crippen LogP contribution is -2.43.